The predicted molar refractivity (Wildman–Crippen MR) is 207 cm³/mol. The van der Waals surface area contributed by atoms with Gasteiger partial charge in [-0.25, -0.2) is 0 Å². The zero-order chi connectivity index (χ0) is 34.8. The van der Waals surface area contributed by atoms with E-state index in [-0.39, 0.29) is 17.5 Å². The van der Waals surface area contributed by atoms with E-state index in [1.165, 1.54) is 38.7 Å². The number of benzene rings is 4. The Balaban J connectivity index is 1.24. The van der Waals surface area contributed by atoms with Crippen LogP contribution < -0.4 is 21.3 Å². The Morgan fingerprint density at radius 3 is 2.08 bits per heavy atom. The summed E-state index contributed by atoms with van der Waals surface area (Å²) in [5.74, 6) is 1.51. The van der Waals surface area contributed by atoms with Crippen molar-refractivity contribution < 1.29 is 9.15 Å². The van der Waals surface area contributed by atoms with Gasteiger partial charge in [0.1, 0.15) is 17.1 Å². The first kappa shape index (κ1) is 31.8. The normalized spacial score (nSPS) is 13.6. The van der Waals surface area contributed by atoms with E-state index in [4.69, 9.17) is 14.1 Å². The molecule has 0 aliphatic carbocycles. The summed E-state index contributed by atoms with van der Waals surface area (Å²) in [7, 11) is 0. The number of furan rings is 1. The van der Waals surface area contributed by atoms with Gasteiger partial charge in [0.25, 0.3) is 6.71 Å². The Hall–Kier alpha value is -5.42. The lowest BCUT2D eigenvalue weighted by Gasteiger charge is -2.37. The molecule has 0 atom stereocenters. The van der Waals surface area contributed by atoms with E-state index < -0.39 is 0 Å². The number of hydrogen-bond donors (Lipinski definition) is 0. The lowest BCUT2D eigenvalue weighted by Crippen LogP contribution is -2.61. The topological polar surface area (TPSA) is 48.2 Å². The average Bonchev–Trinajstić information content (AvgIpc) is 3.50. The van der Waals surface area contributed by atoms with Crippen LogP contribution in [0, 0.1) is 13.8 Å². The highest BCUT2D eigenvalue weighted by atomic mass is 16.5. The van der Waals surface area contributed by atoms with Gasteiger partial charge in [-0.3, -0.25) is 9.97 Å². The first-order valence-corrected chi connectivity index (χ1v) is 17.4. The Morgan fingerprint density at radius 1 is 0.680 bits per heavy atom. The third kappa shape index (κ3) is 5.33. The minimum absolute atomic E-state index is 0.0382. The summed E-state index contributed by atoms with van der Waals surface area (Å²) in [6.07, 6.45) is 3.84. The van der Waals surface area contributed by atoms with Crippen LogP contribution in [0.1, 0.15) is 62.4 Å². The van der Waals surface area contributed by atoms with Crippen LogP contribution in [0.3, 0.4) is 0 Å². The molecule has 0 spiro atoms. The number of rotatable bonds is 5. The van der Waals surface area contributed by atoms with Gasteiger partial charge in [0.2, 0.25) is 0 Å². The van der Waals surface area contributed by atoms with E-state index >= 15 is 0 Å². The number of aryl methyl sites for hydroxylation is 2. The Morgan fingerprint density at radius 2 is 1.34 bits per heavy atom. The second-order valence-corrected chi connectivity index (χ2v) is 15.2. The maximum absolute atomic E-state index is 6.81. The minimum Gasteiger partial charge on any atom is -0.470 e. The van der Waals surface area contributed by atoms with Crippen LogP contribution in [0.15, 0.2) is 126 Å². The molecule has 3 aromatic heterocycles. The third-order valence-corrected chi connectivity index (χ3v) is 10.4. The monoisotopic (exact) mass is 652 g/mol. The standard InChI is InChI=1S/C45H41BN2O2/c1-28-13-10-14-29(2)41(28)46-36-22-24-48-42(40(36)45(6,7)39-35-19-8-9-20-38(35)50-43(39)46)31-16-12-18-34(26-31)49-33-17-11-15-30(25-33)37-27-32(21-23-47-37)44(3,4)5/h8-27H,1-7H3. The van der Waals surface area contributed by atoms with Crippen LogP contribution in [0.5, 0.6) is 11.5 Å². The molecule has 0 saturated heterocycles. The molecule has 4 heterocycles. The summed E-state index contributed by atoms with van der Waals surface area (Å²) in [6.45, 7) is 15.6. The van der Waals surface area contributed by atoms with E-state index in [1.54, 1.807) is 0 Å². The van der Waals surface area contributed by atoms with E-state index in [2.05, 4.69) is 144 Å². The Labute approximate surface area is 295 Å². The van der Waals surface area contributed by atoms with Crippen LogP contribution in [0.25, 0.3) is 33.5 Å². The number of nitrogens with zero attached hydrogens (tertiary/aromatic N) is 2. The SMILES string of the molecule is Cc1cccc(C)c1B1c2ccnc(-c3cccc(Oc4cccc(-c5cc(C(C)(C)C)ccn5)c4)c3)c2C(C)(C)c2c1oc1ccccc21. The fourth-order valence-corrected chi connectivity index (χ4v) is 7.96. The maximum Gasteiger partial charge on any atom is 0.289 e. The van der Waals surface area contributed by atoms with E-state index in [0.717, 1.165) is 50.6 Å². The number of aromatic nitrogens is 2. The third-order valence-electron chi connectivity index (χ3n) is 10.4. The van der Waals surface area contributed by atoms with Crippen molar-refractivity contribution in [1.29, 1.82) is 0 Å². The minimum atomic E-state index is -0.381. The molecule has 0 saturated carbocycles. The van der Waals surface area contributed by atoms with Crippen molar-refractivity contribution in [3.8, 4) is 34.0 Å². The van der Waals surface area contributed by atoms with Crippen LogP contribution in [0.4, 0.5) is 0 Å². The van der Waals surface area contributed by atoms with Crippen molar-refractivity contribution in [2.45, 2.75) is 59.3 Å². The van der Waals surface area contributed by atoms with Gasteiger partial charge in [-0.05, 0) is 78.9 Å². The van der Waals surface area contributed by atoms with Gasteiger partial charge in [-0.2, -0.15) is 0 Å². The lowest BCUT2D eigenvalue weighted by molar-refractivity contribution is 0.483. The molecule has 0 radical (unpaired) electrons. The van der Waals surface area contributed by atoms with Crippen LogP contribution in [-0.4, -0.2) is 16.7 Å². The van der Waals surface area contributed by atoms with Crippen LogP contribution in [-0.2, 0) is 10.8 Å². The fourth-order valence-electron chi connectivity index (χ4n) is 7.96. The fraction of sp³-hybridized carbons (Fsp3) is 0.200. The molecule has 1 aliphatic heterocycles. The highest BCUT2D eigenvalue weighted by Crippen LogP contribution is 2.43. The Kier molecular flexibility index (Phi) is 7.56. The van der Waals surface area contributed by atoms with Crippen molar-refractivity contribution in [3.63, 3.8) is 0 Å². The molecule has 8 rings (SSSR count). The van der Waals surface area contributed by atoms with E-state index in [1.807, 2.05) is 30.6 Å². The number of fused-ring (bicyclic) bond motifs is 4. The number of pyridine rings is 2. The summed E-state index contributed by atoms with van der Waals surface area (Å²) in [4.78, 5) is 9.78. The number of ether oxygens (including phenoxy) is 1. The molecular weight excluding hydrogens is 611 g/mol. The van der Waals surface area contributed by atoms with Gasteiger partial charge >= 0.3 is 0 Å². The molecule has 7 aromatic rings. The molecule has 0 fully saturated rings. The second kappa shape index (κ2) is 11.9. The molecule has 0 amide bonds. The summed E-state index contributed by atoms with van der Waals surface area (Å²) in [5.41, 5.74) is 14.3. The van der Waals surface area contributed by atoms with Gasteiger partial charge in [0.05, 0.1) is 17.0 Å². The first-order valence-electron chi connectivity index (χ1n) is 17.4. The largest absolute Gasteiger partial charge is 0.470 e. The summed E-state index contributed by atoms with van der Waals surface area (Å²) in [6, 6.07) is 37.9. The van der Waals surface area contributed by atoms with Crippen molar-refractivity contribution in [2.75, 3.05) is 0 Å². The molecule has 0 bridgehead atoms. The second-order valence-electron chi connectivity index (χ2n) is 15.2. The highest BCUT2D eigenvalue weighted by molar-refractivity contribution is 6.96. The summed E-state index contributed by atoms with van der Waals surface area (Å²) >= 11 is 0. The maximum atomic E-state index is 6.81. The number of para-hydroxylation sites is 1. The molecule has 0 N–H and O–H groups in total. The van der Waals surface area contributed by atoms with Gasteiger partial charge < -0.3 is 9.15 Å². The molecule has 0 unspecified atom stereocenters. The highest BCUT2D eigenvalue weighted by Gasteiger charge is 2.46. The van der Waals surface area contributed by atoms with Crippen molar-refractivity contribution >= 4 is 34.3 Å². The van der Waals surface area contributed by atoms with E-state index in [9.17, 15) is 0 Å². The first-order chi connectivity index (χ1) is 24.0. The molecule has 4 aromatic carbocycles. The van der Waals surface area contributed by atoms with Crippen molar-refractivity contribution in [1.82, 2.24) is 9.97 Å². The quantitative estimate of drug-likeness (QED) is 0.174. The molecule has 4 nitrogen and oxygen atoms in total. The van der Waals surface area contributed by atoms with Crippen molar-refractivity contribution in [2.24, 2.45) is 0 Å². The summed E-state index contributed by atoms with van der Waals surface area (Å²) in [5, 5.41) is 1.16. The molecule has 50 heavy (non-hydrogen) atoms. The van der Waals surface area contributed by atoms with Crippen LogP contribution in [0.2, 0.25) is 0 Å². The van der Waals surface area contributed by atoms with Crippen molar-refractivity contribution in [3.05, 3.63) is 149 Å². The van der Waals surface area contributed by atoms with Gasteiger partial charge in [0.15, 0.2) is 0 Å². The zero-order valence-corrected chi connectivity index (χ0v) is 29.8. The van der Waals surface area contributed by atoms with Crippen LogP contribution >= 0.6 is 0 Å². The number of hydrogen-bond acceptors (Lipinski definition) is 4. The van der Waals surface area contributed by atoms with Gasteiger partial charge in [-0.15, -0.1) is 0 Å². The van der Waals surface area contributed by atoms with Gasteiger partial charge in [-0.1, -0.05) is 117 Å². The predicted octanol–water partition coefficient (Wildman–Crippen LogP) is 9.42. The Bertz CT molecular complexity index is 2400. The molecule has 1 aliphatic rings. The van der Waals surface area contributed by atoms with Gasteiger partial charge in [0, 0.05) is 39.9 Å². The van der Waals surface area contributed by atoms with E-state index in [0.29, 0.717) is 0 Å². The summed E-state index contributed by atoms with van der Waals surface area (Å²) < 4.78 is 13.4. The lowest BCUT2D eigenvalue weighted by atomic mass is 9.32. The molecule has 246 valence electrons. The molecule has 5 heteroatoms. The smallest absolute Gasteiger partial charge is 0.289 e. The molecular formula is C45H41BN2O2. The zero-order valence-electron chi connectivity index (χ0n) is 29.8. The average molecular weight is 653 g/mol.